The van der Waals surface area contributed by atoms with E-state index in [4.69, 9.17) is 4.74 Å². The van der Waals surface area contributed by atoms with Crippen molar-refractivity contribution in [2.75, 3.05) is 32.8 Å². The van der Waals surface area contributed by atoms with Crippen molar-refractivity contribution in [2.24, 2.45) is 17.8 Å². The molecule has 0 aromatic heterocycles. The third-order valence-electron chi connectivity index (χ3n) is 4.00. The third-order valence-corrected chi connectivity index (χ3v) is 4.00. The zero-order chi connectivity index (χ0) is 10.1. The number of nitrogens with one attached hydrogen (secondary N) is 1. The van der Waals surface area contributed by atoms with Crippen LogP contribution in [0.15, 0.2) is 12.2 Å². The Morgan fingerprint density at radius 2 is 2.07 bits per heavy atom. The van der Waals surface area contributed by atoms with Gasteiger partial charge in [0.2, 0.25) is 0 Å². The quantitative estimate of drug-likeness (QED) is 0.701. The van der Waals surface area contributed by atoms with Crippen LogP contribution in [0.1, 0.15) is 12.8 Å². The predicted octanol–water partition coefficient (Wildman–Crippen LogP) is 1.04. The molecule has 2 bridgehead atoms. The summed E-state index contributed by atoms with van der Waals surface area (Å²) in [4.78, 5) is 0. The van der Waals surface area contributed by atoms with E-state index in [9.17, 15) is 0 Å². The molecular weight excluding hydrogens is 188 g/mol. The van der Waals surface area contributed by atoms with Gasteiger partial charge < -0.3 is 4.74 Å². The number of fused-ring (bicyclic) bond motifs is 2. The number of nitrogens with zero attached hydrogens (tertiary/aromatic N) is 1. The highest BCUT2D eigenvalue weighted by Gasteiger charge is 2.35. The first-order valence-corrected chi connectivity index (χ1v) is 6.16. The first kappa shape index (κ1) is 9.82. The lowest BCUT2D eigenvalue weighted by Gasteiger charge is -2.29. The van der Waals surface area contributed by atoms with Gasteiger partial charge in [-0.2, -0.15) is 0 Å². The summed E-state index contributed by atoms with van der Waals surface area (Å²) in [7, 11) is 0. The number of morpholine rings is 1. The molecule has 1 saturated heterocycles. The number of hydrogen-bond donors (Lipinski definition) is 1. The maximum Gasteiger partial charge on any atom is 0.0608 e. The molecule has 1 saturated carbocycles. The van der Waals surface area contributed by atoms with Crippen molar-refractivity contribution in [3.8, 4) is 0 Å². The highest BCUT2D eigenvalue weighted by atomic mass is 16.5. The van der Waals surface area contributed by atoms with Crippen LogP contribution in [0, 0.1) is 17.8 Å². The molecular formula is C12H20N2O. The summed E-state index contributed by atoms with van der Waals surface area (Å²) in [5.41, 5.74) is 3.57. The van der Waals surface area contributed by atoms with Crippen LogP contribution in [-0.4, -0.2) is 37.9 Å². The van der Waals surface area contributed by atoms with Gasteiger partial charge in [-0.15, -0.1) is 0 Å². The summed E-state index contributed by atoms with van der Waals surface area (Å²) in [6.07, 6.45) is 7.66. The molecule has 2 fully saturated rings. The number of hydrazine groups is 1. The summed E-state index contributed by atoms with van der Waals surface area (Å²) in [5, 5.41) is 2.32. The molecule has 0 aromatic rings. The number of hydrogen-bond acceptors (Lipinski definition) is 3. The standard InChI is InChI=1S/C12H20N2O/c1-2-11-7-10(1)8-12(11)9-13-14-3-5-15-6-4-14/h1-2,10-13H,3-9H2. The Morgan fingerprint density at radius 3 is 2.73 bits per heavy atom. The molecule has 0 amide bonds. The van der Waals surface area contributed by atoms with Crippen LogP contribution in [0.25, 0.3) is 0 Å². The van der Waals surface area contributed by atoms with Crippen molar-refractivity contribution in [1.82, 2.24) is 10.4 Å². The fourth-order valence-electron chi connectivity index (χ4n) is 3.10. The van der Waals surface area contributed by atoms with Crippen LogP contribution in [0.5, 0.6) is 0 Å². The molecule has 3 heteroatoms. The third kappa shape index (κ3) is 2.10. The largest absolute Gasteiger partial charge is 0.379 e. The summed E-state index contributed by atoms with van der Waals surface area (Å²) in [5.74, 6) is 2.64. The molecule has 3 aliphatic rings. The van der Waals surface area contributed by atoms with Gasteiger partial charge in [0.1, 0.15) is 0 Å². The summed E-state index contributed by atoms with van der Waals surface area (Å²) in [6.45, 7) is 4.99. The molecule has 3 atom stereocenters. The monoisotopic (exact) mass is 208 g/mol. The Kier molecular flexibility index (Phi) is 2.77. The van der Waals surface area contributed by atoms with Crippen molar-refractivity contribution in [3.63, 3.8) is 0 Å². The summed E-state index contributed by atoms with van der Waals surface area (Å²) in [6, 6.07) is 0. The molecule has 15 heavy (non-hydrogen) atoms. The second-order valence-electron chi connectivity index (χ2n) is 5.00. The van der Waals surface area contributed by atoms with Crippen molar-refractivity contribution >= 4 is 0 Å². The predicted molar refractivity (Wildman–Crippen MR) is 59.2 cm³/mol. The van der Waals surface area contributed by atoms with Gasteiger partial charge >= 0.3 is 0 Å². The maximum atomic E-state index is 5.33. The average Bonchev–Trinajstić information content (AvgIpc) is 2.89. The second-order valence-corrected chi connectivity index (χ2v) is 5.00. The van der Waals surface area contributed by atoms with E-state index in [0.29, 0.717) is 0 Å². The molecule has 1 heterocycles. The van der Waals surface area contributed by atoms with Crippen LogP contribution in [0.2, 0.25) is 0 Å². The minimum atomic E-state index is 0.864. The molecule has 3 unspecified atom stereocenters. The first-order valence-electron chi connectivity index (χ1n) is 6.16. The first-order chi connectivity index (χ1) is 7.42. The van der Waals surface area contributed by atoms with Crippen molar-refractivity contribution < 1.29 is 4.74 Å². The Hall–Kier alpha value is -0.380. The minimum absolute atomic E-state index is 0.864. The fourth-order valence-corrected chi connectivity index (χ4v) is 3.10. The van der Waals surface area contributed by atoms with Gasteiger partial charge in [0.25, 0.3) is 0 Å². The van der Waals surface area contributed by atoms with Gasteiger partial charge in [0, 0.05) is 19.6 Å². The summed E-state index contributed by atoms with van der Waals surface area (Å²) < 4.78 is 5.33. The Balaban J connectivity index is 1.44. The normalized spacial score (nSPS) is 40.1. The fraction of sp³-hybridized carbons (Fsp3) is 0.833. The topological polar surface area (TPSA) is 24.5 Å². The van der Waals surface area contributed by atoms with Crippen LogP contribution in [0.4, 0.5) is 0 Å². The molecule has 3 rings (SSSR count). The SMILES string of the molecule is C1=CC2CC1CC2CNN1CCOCC1. The lowest BCUT2D eigenvalue weighted by Crippen LogP contribution is -2.47. The van der Waals surface area contributed by atoms with E-state index in [2.05, 4.69) is 22.6 Å². The highest BCUT2D eigenvalue weighted by molar-refractivity contribution is 5.10. The molecule has 84 valence electrons. The Labute approximate surface area is 91.4 Å². The highest BCUT2D eigenvalue weighted by Crippen LogP contribution is 2.42. The van der Waals surface area contributed by atoms with Gasteiger partial charge in [-0.3, -0.25) is 5.43 Å². The van der Waals surface area contributed by atoms with Gasteiger partial charge in [-0.1, -0.05) is 12.2 Å². The zero-order valence-electron chi connectivity index (χ0n) is 9.19. The van der Waals surface area contributed by atoms with Crippen LogP contribution in [-0.2, 0) is 4.74 Å². The lowest BCUT2D eigenvalue weighted by molar-refractivity contribution is 0.00864. The molecule has 0 spiro atoms. The van der Waals surface area contributed by atoms with Crippen LogP contribution in [0.3, 0.4) is 0 Å². The van der Waals surface area contributed by atoms with Gasteiger partial charge in [0.15, 0.2) is 0 Å². The molecule has 1 N–H and O–H groups in total. The maximum absolute atomic E-state index is 5.33. The van der Waals surface area contributed by atoms with E-state index in [-0.39, 0.29) is 0 Å². The smallest absolute Gasteiger partial charge is 0.0608 e. The second kappa shape index (κ2) is 4.24. The Bertz CT molecular complexity index is 248. The van der Waals surface area contributed by atoms with E-state index in [0.717, 1.165) is 50.6 Å². The number of allylic oxidation sites excluding steroid dienone is 2. The van der Waals surface area contributed by atoms with Crippen molar-refractivity contribution in [2.45, 2.75) is 12.8 Å². The van der Waals surface area contributed by atoms with E-state index in [1.807, 2.05) is 0 Å². The van der Waals surface area contributed by atoms with Gasteiger partial charge in [-0.25, -0.2) is 5.01 Å². The molecule has 2 aliphatic carbocycles. The summed E-state index contributed by atoms with van der Waals surface area (Å²) >= 11 is 0. The zero-order valence-corrected chi connectivity index (χ0v) is 9.19. The molecule has 0 aromatic carbocycles. The molecule has 1 aliphatic heterocycles. The van der Waals surface area contributed by atoms with Crippen molar-refractivity contribution in [1.29, 1.82) is 0 Å². The van der Waals surface area contributed by atoms with Gasteiger partial charge in [0.05, 0.1) is 13.2 Å². The number of rotatable bonds is 3. The van der Waals surface area contributed by atoms with E-state index in [1.54, 1.807) is 0 Å². The molecule has 0 radical (unpaired) electrons. The lowest BCUT2D eigenvalue weighted by atomic mass is 9.94. The Morgan fingerprint density at radius 1 is 1.20 bits per heavy atom. The van der Waals surface area contributed by atoms with E-state index in [1.165, 1.54) is 12.8 Å². The van der Waals surface area contributed by atoms with Crippen LogP contribution < -0.4 is 5.43 Å². The number of ether oxygens (including phenoxy) is 1. The van der Waals surface area contributed by atoms with Crippen molar-refractivity contribution in [3.05, 3.63) is 12.2 Å². The van der Waals surface area contributed by atoms with E-state index < -0.39 is 0 Å². The van der Waals surface area contributed by atoms with Gasteiger partial charge in [-0.05, 0) is 30.6 Å². The van der Waals surface area contributed by atoms with Crippen LogP contribution >= 0.6 is 0 Å². The minimum Gasteiger partial charge on any atom is -0.379 e. The van der Waals surface area contributed by atoms with E-state index >= 15 is 0 Å². The average molecular weight is 208 g/mol. The molecule has 3 nitrogen and oxygen atoms in total.